The molecule has 16 heavy (non-hydrogen) atoms. The average molecular weight is 222 g/mol. The number of nitrogens with zero attached hydrogens (tertiary/aromatic N) is 2. The molecule has 0 saturated carbocycles. The Morgan fingerprint density at radius 1 is 1.50 bits per heavy atom. The Labute approximate surface area is 97.4 Å². The van der Waals surface area contributed by atoms with Gasteiger partial charge in [-0.15, -0.1) is 0 Å². The van der Waals surface area contributed by atoms with E-state index in [2.05, 4.69) is 48.2 Å². The van der Waals surface area contributed by atoms with Gasteiger partial charge in [-0.1, -0.05) is 0 Å². The van der Waals surface area contributed by atoms with Crippen molar-refractivity contribution in [3.63, 3.8) is 0 Å². The highest BCUT2D eigenvalue weighted by atomic mass is 15.2. The van der Waals surface area contributed by atoms with E-state index >= 15 is 0 Å². The maximum Gasteiger partial charge on any atom is 0.0638 e. The predicted octanol–water partition coefficient (Wildman–Crippen LogP) is 1.21. The summed E-state index contributed by atoms with van der Waals surface area (Å²) >= 11 is 0. The zero-order valence-electron chi connectivity index (χ0n) is 10.7. The monoisotopic (exact) mass is 222 g/mol. The molecule has 2 atom stereocenters. The number of H-pyrrole nitrogens is 1. The van der Waals surface area contributed by atoms with Crippen molar-refractivity contribution in [3.8, 4) is 0 Å². The Bertz CT molecular complexity index is 328. The minimum atomic E-state index is 0.619. The molecule has 0 spiro atoms. The highest BCUT2D eigenvalue weighted by Gasteiger charge is 2.25. The number of nitrogens with one attached hydrogen (secondary N) is 2. The van der Waals surface area contributed by atoms with Gasteiger partial charge in [-0.3, -0.25) is 5.10 Å². The van der Waals surface area contributed by atoms with Crippen LogP contribution < -0.4 is 5.32 Å². The first kappa shape index (κ1) is 11.6. The summed E-state index contributed by atoms with van der Waals surface area (Å²) in [5, 5.41) is 10.9. The fraction of sp³-hybridized carbons (Fsp3) is 0.750. The van der Waals surface area contributed by atoms with Crippen molar-refractivity contribution in [1.82, 2.24) is 20.4 Å². The van der Waals surface area contributed by atoms with Crippen LogP contribution in [0.2, 0.25) is 0 Å². The van der Waals surface area contributed by atoms with Crippen molar-refractivity contribution < 1.29 is 0 Å². The quantitative estimate of drug-likeness (QED) is 0.808. The number of rotatable bonds is 3. The Hall–Kier alpha value is -0.870. The molecule has 1 aromatic rings. The molecule has 1 saturated heterocycles. The van der Waals surface area contributed by atoms with E-state index in [1.807, 2.05) is 0 Å². The SMILES string of the molecule is Cc1n[nH]c(C)c1CNC1CC(C)N(C)C1. The third kappa shape index (κ3) is 2.28. The molecular formula is C12H22N4. The lowest BCUT2D eigenvalue weighted by Crippen LogP contribution is -2.31. The molecule has 2 rings (SSSR count). The molecule has 0 aromatic carbocycles. The second kappa shape index (κ2) is 4.55. The summed E-state index contributed by atoms with van der Waals surface area (Å²) in [6.45, 7) is 8.51. The molecule has 1 aromatic heterocycles. The molecular weight excluding hydrogens is 200 g/mol. The van der Waals surface area contributed by atoms with Crippen LogP contribution in [-0.4, -0.2) is 40.8 Å². The smallest absolute Gasteiger partial charge is 0.0638 e. The summed E-state index contributed by atoms with van der Waals surface area (Å²) < 4.78 is 0. The molecule has 2 N–H and O–H groups in total. The Morgan fingerprint density at radius 2 is 2.25 bits per heavy atom. The van der Waals surface area contributed by atoms with Crippen LogP contribution in [0.3, 0.4) is 0 Å². The number of aromatic nitrogens is 2. The second-order valence-corrected chi connectivity index (χ2v) is 5.01. The highest BCUT2D eigenvalue weighted by molar-refractivity contribution is 5.22. The van der Waals surface area contributed by atoms with E-state index < -0.39 is 0 Å². The summed E-state index contributed by atoms with van der Waals surface area (Å²) in [5.41, 5.74) is 3.62. The van der Waals surface area contributed by atoms with Crippen molar-refractivity contribution in [1.29, 1.82) is 0 Å². The van der Waals surface area contributed by atoms with E-state index in [4.69, 9.17) is 0 Å². The fourth-order valence-corrected chi connectivity index (χ4v) is 2.42. The topological polar surface area (TPSA) is 44.0 Å². The lowest BCUT2D eigenvalue weighted by atomic mass is 10.1. The van der Waals surface area contributed by atoms with Crippen molar-refractivity contribution in [3.05, 3.63) is 17.0 Å². The van der Waals surface area contributed by atoms with E-state index in [1.165, 1.54) is 17.7 Å². The summed E-state index contributed by atoms with van der Waals surface area (Å²) in [6, 6.07) is 1.32. The van der Waals surface area contributed by atoms with E-state index in [9.17, 15) is 0 Å². The van der Waals surface area contributed by atoms with Gasteiger partial charge < -0.3 is 10.2 Å². The van der Waals surface area contributed by atoms with Crippen LogP contribution in [0.4, 0.5) is 0 Å². The molecule has 0 bridgehead atoms. The fourth-order valence-electron chi connectivity index (χ4n) is 2.42. The number of likely N-dealkylation sites (tertiary alicyclic amines) is 1. The normalized spacial score (nSPS) is 26.5. The van der Waals surface area contributed by atoms with Gasteiger partial charge in [0.1, 0.15) is 0 Å². The lowest BCUT2D eigenvalue weighted by Gasteiger charge is -2.13. The minimum Gasteiger partial charge on any atom is -0.308 e. The zero-order valence-corrected chi connectivity index (χ0v) is 10.7. The molecule has 1 fully saturated rings. The molecule has 4 heteroatoms. The third-order valence-corrected chi connectivity index (χ3v) is 3.73. The first-order valence-electron chi connectivity index (χ1n) is 6.02. The van der Waals surface area contributed by atoms with Crippen molar-refractivity contribution >= 4 is 0 Å². The third-order valence-electron chi connectivity index (χ3n) is 3.73. The molecule has 1 aliphatic heterocycles. The van der Waals surface area contributed by atoms with Crippen LogP contribution in [0.1, 0.15) is 30.3 Å². The first-order valence-corrected chi connectivity index (χ1v) is 6.02. The number of hydrogen-bond donors (Lipinski definition) is 2. The van der Waals surface area contributed by atoms with Crippen molar-refractivity contribution in [2.24, 2.45) is 0 Å². The van der Waals surface area contributed by atoms with Crippen LogP contribution >= 0.6 is 0 Å². The highest BCUT2D eigenvalue weighted by Crippen LogP contribution is 2.16. The average Bonchev–Trinajstić information content (AvgIpc) is 2.70. The van der Waals surface area contributed by atoms with Crippen molar-refractivity contribution in [2.75, 3.05) is 13.6 Å². The Morgan fingerprint density at radius 3 is 2.75 bits per heavy atom. The number of aromatic amines is 1. The van der Waals surface area contributed by atoms with E-state index in [0.717, 1.165) is 18.8 Å². The van der Waals surface area contributed by atoms with E-state index in [-0.39, 0.29) is 0 Å². The number of likely N-dealkylation sites (N-methyl/N-ethyl adjacent to an activating group) is 1. The van der Waals surface area contributed by atoms with Gasteiger partial charge >= 0.3 is 0 Å². The van der Waals surface area contributed by atoms with Crippen LogP contribution in [0.15, 0.2) is 0 Å². The second-order valence-electron chi connectivity index (χ2n) is 5.01. The van der Waals surface area contributed by atoms with Crippen LogP contribution in [-0.2, 0) is 6.54 Å². The molecule has 0 aliphatic carbocycles. The molecule has 4 nitrogen and oxygen atoms in total. The van der Waals surface area contributed by atoms with Gasteiger partial charge in [0, 0.05) is 36.4 Å². The molecule has 1 aliphatic rings. The molecule has 2 heterocycles. The molecule has 2 unspecified atom stereocenters. The summed E-state index contributed by atoms with van der Waals surface area (Å²) in [6.07, 6.45) is 1.24. The molecule has 0 amide bonds. The lowest BCUT2D eigenvalue weighted by molar-refractivity contribution is 0.326. The number of aryl methyl sites for hydroxylation is 2. The van der Waals surface area contributed by atoms with Gasteiger partial charge in [0.2, 0.25) is 0 Å². The Kier molecular flexibility index (Phi) is 3.30. The first-order chi connectivity index (χ1) is 7.58. The minimum absolute atomic E-state index is 0.619. The van der Waals surface area contributed by atoms with Crippen LogP contribution in [0.25, 0.3) is 0 Å². The summed E-state index contributed by atoms with van der Waals surface area (Å²) in [7, 11) is 2.20. The van der Waals surface area contributed by atoms with Gasteiger partial charge in [0.05, 0.1) is 5.69 Å². The van der Waals surface area contributed by atoms with Gasteiger partial charge in [-0.05, 0) is 34.2 Å². The largest absolute Gasteiger partial charge is 0.308 e. The van der Waals surface area contributed by atoms with Gasteiger partial charge in [-0.2, -0.15) is 5.10 Å². The zero-order chi connectivity index (χ0) is 11.7. The van der Waals surface area contributed by atoms with E-state index in [0.29, 0.717) is 12.1 Å². The summed E-state index contributed by atoms with van der Waals surface area (Å²) in [5.74, 6) is 0. The maximum atomic E-state index is 4.22. The van der Waals surface area contributed by atoms with Gasteiger partial charge in [0.25, 0.3) is 0 Å². The van der Waals surface area contributed by atoms with Gasteiger partial charge in [0.15, 0.2) is 0 Å². The predicted molar refractivity (Wildman–Crippen MR) is 65.4 cm³/mol. The molecule has 90 valence electrons. The Balaban J connectivity index is 1.89. The van der Waals surface area contributed by atoms with Crippen LogP contribution in [0, 0.1) is 13.8 Å². The van der Waals surface area contributed by atoms with E-state index in [1.54, 1.807) is 0 Å². The number of hydrogen-bond acceptors (Lipinski definition) is 3. The summed E-state index contributed by atoms with van der Waals surface area (Å²) in [4.78, 5) is 2.41. The van der Waals surface area contributed by atoms with Crippen LogP contribution in [0.5, 0.6) is 0 Å². The maximum absolute atomic E-state index is 4.22. The van der Waals surface area contributed by atoms with Gasteiger partial charge in [-0.25, -0.2) is 0 Å². The van der Waals surface area contributed by atoms with Crippen molar-refractivity contribution in [2.45, 2.75) is 45.8 Å². The standard InChI is InChI=1S/C12H22N4/c1-8-5-11(7-16(8)4)13-6-12-9(2)14-15-10(12)3/h8,11,13H,5-7H2,1-4H3,(H,14,15). The molecule has 0 radical (unpaired) electrons.